The van der Waals surface area contributed by atoms with E-state index >= 15 is 0 Å². The molecule has 11 heteroatoms. The maximum absolute atomic E-state index is 13.3. The number of carbonyl (C=O) groups excluding carboxylic acids is 1. The van der Waals surface area contributed by atoms with Crippen molar-refractivity contribution in [3.05, 3.63) is 123 Å². The Morgan fingerprint density at radius 3 is 2.41 bits per heavy atom. The zero-order valence-corrected chi connectivity index (χ0v) is 23.9. The highest BCUT2D eigenvalue weighted by molar-refractivity contribution is 7.91. The molecule has 1 aliphatic rings. The first-order valence-electron chi connectivity index (χ1n) is 13.3. The highest BCUT2D eigenvalue weighted by atomic mass is 32.2. The zero-order valence-electron chi connectivity index (χ0n) is 22.2. The van der Waals surface area contributed by atoms with Crippen molar-refractivity contribution in [1.82, 2.24) is 9.62 Å². The summed E-state index contributed by atoms with van der Waals surface area (Å²) in [6, 6.07) is 27.6. The summed E-state index contributed by atoms with van der Waals surface area (Å²) >= 11 is 1.12. The van der Waals surface area contributed by atoms with Gasteiger partial charge in [0.1, 0.15) is 4.21 Å². The molecule has 4 aromatic rings. The molecule has 0 saturated carbocycles. The van der Waals surface area contributed by atoms with E-state index < -0.39 is 20.9 Å². The summed E-state index contributed by atoms with van der Waals surface area (Å²) in [7, 11) is -3.65. The van der Waals surface area contributed by atoms with E-state index in [-0.39, 0.29) is 28.0 Å². The molecule has 9 nitrogen and oxygen atoms in total. The van der Waals surface area contributed by atoms with Crippen LogP contribution in [0.4, 0.5) is 11.4 Å². The molecule has 3 aromatic carbocycles. The second-order valence-electron chi connectivity index (χ2n) is 9.90. The van der Waals surface area contributed by atoms with E-state index in [9.17, 15) is 23.3 Å². The Labute approximate surface area is 243 Å². The van der Waals surface area contributed by atoms with Crippen molar-refractivity contribution in [2.45, 2.75) is 36.1 Å². The molecule has 0 bridgehead atoms. The number of sulfonamides is 1. The number of nitro groups is 1. The Bertz CT molecular complexity index is 1630. The van der Waals surface area contributed by atoms with Crippen molar-refractivity contribution in [3.63, 3.8) is 0 Å². The van der Waals surface area contributed by atoms with Gasteiger partial charge in [-0.05, 0) is 60.7 Å². The molecule has 0 spiro atoms. The molecule has 0 radical (unpaired) electrons. The fraction of sp³-hybridized carbons (Fsp3) is 0.233. The molecule has 41 heavy (non-hydrogen) atoms. The summed E-state index contributed by atoms with van der Waals surface area (Å²) in [5.41, 5.74) is 3.51. The van der Waals surface area contributed by atoms with Gasteiger partial charge in [-0.2, -0.15) is 4.31 Å². The maximum Gasteiger partial charge on any atom is 0.270 e. The first-order valence-corrected chi connectivity index (χ1v) is 15.5. The summed E-state index contributed by atoms with van der Waals surface area (Å²) in [4.78, 5) is 23.5. The number of hydrogen-bond acceptors (Lipinski definition) is 7. The van der Waals surface area contributed by atoms with E-state index in [1.807, 2.05) is 30.3 Å². The number of nitrogens with zero attached hydrogens (tertiary/aromatic N) is 2. The van der Waals surface area contributed by atoms with E-state index in [0.717, 1.165) is 23.4 Å². The Morgan fingerprint density at radius 2 is 1.66 bits per heavy atom. The number of piperidine rings is 1. The Balaban J connectivity index is 1.13. The van der Waals surface area contributed by atoms with E-state index in [4.69, 9.17) is 0 Å². The lowest BCUT2D eigenvalue weighted by molar-refractivity contribution is -0.384. The molecule has 1 amide bonds. The Kier molecular flexibility index (Phi) is 8.77. The number of non-ortho nitro benzene ring substituents is 1. The normalized spacial score (nSPS) is 14.4. The summed E-state index contributed by atoms with van der Waals surface area (Å²) < 4.78 is 28.4. The average molecular weight is 591 g/mol. The topological polar surface area (TPSA) is 122 Å². The summed E-state index contributed by atoms with van der Waals surface area (Å²) in [5, 5.41) is 17.2. The van der Waals surface area contributed by atoms with Crippen LogP contribution in [0.25, 0.3) is 0 Å². The van der Waals surface area contributed by atoms with E-state index in [1.54, 1.807) is 12.1 Å². The van der Waals surface area contributed by atoms with Crippen molar-refractivity contribution < 1.29 is 18.1 Å². The van der Waals surface area contributed by atoms with E-state index in [1.165, 1.54) is 39.7 Å². The van der Waals surface area contributed by atoms with E-state index in [0.29, 0.717) is 30.8 Å². The average Bonchev–Trinajstić information content (AvgIpc) is 3.47. The van der Waals surface area contributed by atoms with Crippen molar-refractivity contribution in [2.75, 3.05) is 18.4 Å². The molecule has 2 heterocycles. The minimum absolute atomic E-state index is 0.122. The molecule has 5 rings (SSSR count). The van der Waals surface area contributed by atoms with Crippen molar-refractivity contribution in [3.8, 4) is 0 Å². The lowest BCUT2D eigenvalue weighted by atomic mass is 10.0. The van der Waals surface area contributed by atoms with Crippen molar-refractivity contribution in [2.24, 2.45) is 0 Å². The largest absolute Gasteiger partial charge is 0.382 e. The van der Waals surface area contributed by atoms with Crippen LogP contribution in [0.1, 0.15) is 39.2 Å². The highest BCUT2D eigenvalue weighted by Crippen LogP contribution is 2.28. The number of amides is 1. The smallest absolute Gasteiger partial charge is 0.270 e. The molecule has 2 N–H and O–H groups in total. The van der Waals surface area contributed by atoms with Gasteiger partial charge in [-0.25, -0.2) is 8.42 Å². The SMILES string of the molecule is O=C(NCc1ccc(S(=O)(=O)N2CCC(Nc3cccc(Cc4ccccc4)c3)CC2)s1)c1cccc([N+](=O)[O-])c1. The highest BCUT2D eigenvalue weighted by Gasteiger charge is 2.30. The van der Waals surface area contributed by atoms with Gasteiger partial charge in [0.2, 0.25) is 0 Å². The van der Waals surface area contributed by atoms with Gasteiger partial charge >= 0.3 is 0 Å². The molecule has 212 valence electrons. The standard InChI is InChI=1S/C30H30N4O5S2/c35-30(24-9-5-11-27(20-24)34(36)37)31-21-28-12-13-29(40-28)41(38,39)33-16-14-25(15-17-33)32-26-10-4-8-23(19-26)18-22-6-2-1-3-7-22/h1-13,19-20,25,32H,14-18,21H2,(H,31,35). The number of carbonyl (C=O) groups is 1. The molecule has 1 fully saturated rings. The third kappa shape index (κ3) is 7.18. The van der Waals surface area contributed by atoms with Gasteiger partial charge in [0.15, 0.2) is 0 Å². The first-order chi connectivity index (χ1) is 19.8. The number of nitrogens with one attached hydrogen (secondary N) is 2. The molecular formula is C30H30N4O5S2. The zero-order chi connectivity index (χ0) is 28.8. The number of rotatable bonds is 10. The van der Waals surface area contributed by atoms with Crippen LogP contribution in [0.3, 0.4) is 0 Å². The summed E-state index contributed by atoms with van der Waals surface area (Å²) in [5.74, 6) is -0.466. The minimum Gasteiger partial charge on any atom is -0.382 e. The molecular weight excluding hydrogens is 560 g/mol. The molecule has 1 aromatic heterocycles. The fourth-order valence-electron chi connectivity index (χ4n) is 4.83. The van der Waals surface area contributed by atoms with Gasteiger partial charge in [0.05, 0.1) is 11.5 Å². The van der Waals surface area contributed by atoms with Gasteiger partial charge in [-0.3, -0.25) is 14.9 Å². The molecule has 1 saturated heterocycles. The van der Waals surface area contributed by atoms with Crippen LogP contribution in [-0.4, -0.2) is 42.7 Å². The molecule has 0 atom stereocenters. The predicted molar refractivity (Wildman–Crippen MR) is 160 cm³/mol. The Hall–Kier alpha value is -4.06. The van der Waals surface area contributed by atoms with Crippen LogP contribution < -0.4 is 10.6 Å². The maximum atomic E-state index is 13.3. The van der Waals surface area contributed by atoms with Gasteiger partial charge in [0, 0.05) is 47.4 Å². The van der Waals surface area contributed by atoms with Gasteiger partial charge < -0.3 is 10.6 Å². The van der Waals surface area contributed by atoms with Gasteiger partial charge in [-0.1, -0.05) is 48.5 Å². The van der Waals surface area contributed by atoms with Gasteiger partial charge in [0.25, 0.3) is 21.6 Å². The van der Waals surface area contributed by atoms with Gasteiger partial charge in [-0.15, -0.1) is 11.3 Å². The number of anilines is 1. The quantitative estimate of drug-likeness (QED) is 0.187. The lowest BCUT2D eigenvalue weighted by Gasteiger charge is -2.31. The number of nitro benzene ring substituents is 1. The lowest BCUT2D eigenvalue weighted by Crippen LogP contribution is -2.42. The molecule has 0 unspecified atom stereocenters. The number of hydrogen-bond donors (Lipinski definition) is 2. The van der Waals surface area contributed by atoms with Crippen LogP contribution in [0.5, 0.6) is 0 Å². The first kappa shape index (κ1) is 28.5. The minimum atomic E-state index is -3.65. The molecule has 1 aliphatic heterocycles. The number of thiophene rings is 1. The third-order valence-electron chi connectivity index (χ3n) is 6.98. The monoisotopic (exact) mass is 590 g/mol. The van der Waals surface area contributed by atoms with Crippen LogP contribution in [-0.2, 0) is 23.0 Å². The van der Waals surface area contributed by atoms with Crippen molar-refractivity contribution in [1.29, 1.82) is 0 Å². The third-order valence-corrected chi connectivity index (χ3v) is 10.4. The second kappa shape index (κ2) is 12.6. The van der Waals surface area contributed by atoms with Crippen molar-refractivity contribution >= 4 is 38.6 Å². The summed E-state index contributed by atoms with van der Waals surface area (Å²) in [6.45, 7) is 0.956. The van der Waals surface area contributed by atoms with E-state index in [2.05, 4.69) is 34.9 Å². The van der Waals surface area contributed by atoms with Crippen LogP contribution in [0.2, 0.25) is 0 Å². The molecule has 0 aliphatic carbocycles. The number of benzene rings is 3. The summed E-state index contributed by atoms with van der Waals surface area (Å²) in [6.07, 6.45) is 2.24. The van der Waals surface area contributed by atoms with Crippen LogP contribution >= 0.6 is 11.3 Å². The second-order valence-corrected chi connectivity index (χ2v) is 13.2. The van der Waals surface area contributed by atoms with Crippen LogP contribution in [0.15, 0.2) is 95.2 Å². The van der Waals surface area contributed by atoms with Crippen LogP contribution in [0, 0.1) is 10.1 Å². The predicted octanol–water partition coefficient (Wildman–Crippen LogP) is 5.44. The fourth-order valence-corrected chi connectivity index (χ4v) is 7.75. The Morgan fingerprint density at radius 1 is 0.927 bits per heavy atom.